The first kappa shape index (κ1) is 22.8. The van der Waals surface area contributed by atoms with E-state index in [0.29, 0.717) is 45.3 Å². The van der Waals surface area contributed by atoms with Crippen molar-refractivity contribution in [3.63, 3.8) is 0 Å². The summed E-state index contributed by atoms with van der Waals surface area (Å²) in [7, 11) is -4.55. The number of carbonyl (C=O) groups is 2. The molecule has 0 radical (unpaired) electrons. The third kappa shape index (κ3) is 7.87. The molecule has 2 rings (SSSR count). The summed E-state index contributed by atoms with van der Waals surface area (Å²) in [6.45, 7) is 6.84. The highest BCUT2D eigenvalue weighted by Gasteiger charge is 2.31. The van der Waals surface area contributed by atoms with Crippen LogP contribution in [0.25, 0.3) is 0 Å². The second-order valence-electron chi connectivity index (χ2n) is 8.11. The van der Waals surface area contributed by atoms with Gasteiger partial charge in [-0.3, -0.25) is 9.35 Å². The minimum absolute atomic E-state index is 0.00768. The van der Waals surface area contributed by atoms with Gasteiger partial charge in [0.05, 0.1) is 6.04 Å². The smallest absolute Gasteiger partial charge is 0.413 e. The topological polar surface area (TPSA) is 146 Å². The Morgan fingerprint density at radius 3 is 2.25 bits per heavy atom. The van der Waals surface area contributed by atoms with Gasteiger partial charge < -0.3 is 20.3 Å². The molecule has 12 heteroatoms. The van der Waals surface area contributed by atoms with Crippen molar-refractivity contribution in [2.45, 2.75) is 70.2 Å². The van der Waals surface area contributed by atoms with Gasteiger partial charge in [-0.15, -0.1) is 0 Å². The molecule has 0 aromatic carbocycles. The molecule has 2 saturated heterocycles. The number of nitrogens with one attached hydrogen (secondary N) is 3. The molecule has 28 heavy (non-hydrogen) atoms. The van der Waals surface area contributed by atoms with Crippen LogP contribution >= 0.6 is 0 Å². The van der Waals surface area contributed by atoms with Gasteiger partial charge in [0.1, 0.15) is 5.60 Å². The lowest BCUT2D eigenvalue weighted by Crippen LogP contribution is -2.56. The van der Waals surface area contributed by atoms with Gasteiger partial charge >= 0.3 is 16.5 Å². The summed E-state index contributed by atoms with van der Waals surface area (Å²) in [6, 6.07) is -0.720. The van der Waals surface area contributed by atoms with E-state index >= 15 is 0 Å². The molecule has 11 nitrogen and oxygen atoms in total. The van der Waals surface area contributed by atoms with Gasteiger partial charge in [0.2, 0.25) is 5.91 Å². The molecule has 2 amide bonds. The summed E-state index contributed by atoms with van der Waals surface area (Å²) in [4.78, 5) is 26.2. The van der Waals surface area contributed by atoms with Crippen molar-refractivity contribution in [1.29, 1.82) is 0 Å². The number of ether oxygens (including phenoxy) is 1. The number of amides is 2. The first-order chi connectivity index (χ1) is 12.9. The van der Waals surface area contributed by atoms with E-state index in [2.05, 4.69) is 20.4 Å². The first-order valence-corrected chi connectivity index (χ1v) is 10.7. The van der Waals surface area contributed by atoms with E-state index in [-0.39, 0.29) is 30.1 Å². The standard InChI is InChI=1S/C16H30N4O7S/c1-16(2,3)26-15(22)20-8-6-11(7-9-20)18-14(21)13-5-4-12(10-17-13)19-27-28(23,24)25/h11-13,17,19H,4-10H2,1-3H3,(H,18,21)(H,23,24,25)/t12-,13-/m1/s1. The minimum atomic E-state index is -4.55. The number of nitrogens with zero attached hydrogens (tertiary/aromatic N) is 1. The van der Waals surface area contributed by atoms with Gasteiger partial charge in [-0.1, -0.05) is 0 Å². The Bertz CT molecular complexity index is 648. The molecule has 0 aromatic heterocycles. The van der Waals surface area contributed by atoms with Crippen molar-refractivity contribution in [1.82, 2.24) is 21.0 Å². The van der Waals surface area contributed by atoms with Crippen LogP contribution in [0.2, 0.25) is 0 Å². The largest absolute Gasteiger partial charge is 0.444 e. The van der Waals surface area contributed by atoms with Crippen molar-refractivity contribution >= 4 is 22.4 Å². The van der Waals surface area contributed by atoms with Gasteiger partial charge in [-0.05, 0) is 46.5 Å². The highest BCUT2D eigenvalue weighted by atomic mass is 32.3. The molecule has 2 heterocycles. The maximum atomic E-state index is 12.4. The number of likely N-dealkylation sites (tertiary alicyclic amines) is 1. The molecule has 4 N–H and O–H groups in total. The van der Waals surface area contributed by atoms with Crippen LogP contribution in [0, 0.1) is 0 Å². The number of hydrogen-bond acceptors (Lipinski definition) is 8. The van der Waals surface area contributed by atoms with Gasteiger partial charge in [0.15, 0.2) is 0 Å². The minimum Gasteiger partial charge on any atom is -0.444 e. The van der Waals surface area contributed by atoms with Crippen molar-refractivity contribution < 1.29 is 31.6 Å². The second kappa shape index (κ2) is 9.35. The summed E-state index contributed by atoms with van der Waals surface area (Å²) in [5.41, 5.74) is 1.72. The molecule has 0 bridgehead atoms. The molecule has 0 unspecified atom stereocenters. The van der Waals surface area contributed by atoms with Crippen LogP contribution < -0.4 is 16.1 Å². The van der Waals surface area contributed by atoms with Crippen LogP contribution in [0.5, 0.6) is 0 Å². The predicted octanol–water partition coefficient (Wildman–Crippen LogP) is -0.0533. The number of rotatable bonds is 5. The molecule has 2 aliphatic rings. The summed E-state index contributed by atoms with van der Waals surface area (Å²) in [5.74, 6) is -0.120. The average molecular weight is 423 g/mol. The molecule has 0 aromatic rings. The van der Waals surface area contributed by atoms with Crippen LogP contribution in [0.1, 0.15) is 46.5 Å². The zero-order valence-corrected chi connectivity index (χ0v) is 17.3. The Morgan fingerprint density at radius 2 is 1.75 bits per heavy atom. The van der Waals surface area contributed by atoms with Gasteiger partial charge in [0, 0.05) is 31.7 Å². The lowest BCUT2D eigenvalue weighted by atomic mass is 9.99. The molecule has 2 fully saturated rings. The van der Waals surface area contributed by atoms with Crippen LogP contribution in [-0.4, -0.2) is 73.2 Å². The molecule has 0 spiro atoms. The zero-order chi connectivity index (χ0) is 20.9. The van der Waals surface area contributed by atoms with Crippen LogP contribution in [0.15, 0.2) is 0 Å². The summed E-state index contributed by atoms with van der Waals surface area (Å²) >= 11 is 0. The van der Waals surface area contributed by atoms with Crippen LogP contribution in [-0.2, 0) is 24.2 Å². The Kier molecular flexibility index (Phi) is 7.62. The number of carbonyl (C=O) groups excluding carboxylic acids is 2. The molecule has 162 valence electrons. The Labute approximate surface area is 165 Å². The number of hydroxylamine groups is 1. The monoisotopic (exact) mass is 422 g/mol. The van der Waals surface area contributed by atoms with E-state index in [4.69, 9.17) is 9.29 Å². The Hall–Kier alpha value is -1.47. The summed E-state index contributed by atoms with van der Waals surface area (Å²) < 4.78 is 39.2. The van der Waals surface area contributed by atoms with Crippen molar-refractivity contribution in [2.24, 2.45) is 0 Å². The average Bonchev–Trinajstić information content (AvgIpc) is 2.59. The highest BCUT2D eigenvalue weighted by Crippen LogP contribution is 2.16. The molecular formula is C16H30N4O7S. The first-order valence-electron chi connectivity index (χ1n) is 9.36. The Morgan fingerprint density at radius 1 is 1.11 bits per heavy atom. The van der Waals surface area contributed by atoms with E-state index < -0.39 is 16.0 Å². The van der Waals surface area contributed by atoms with E-state index in [0.717, 1.165) is 0 Å². The summed E-state index contributed by atoms with van der Waals surface area (Å²) in [5, 5.41) is 6.03. The van der Waals surface area contributed by atoms with E-state index in [1.54, 1.807) is 4.90 Å². The number of hydrogen-bond donors (Lipinski definition) is 4. The highest BCUT2D eigenvalue weighted by molar-refractivity contribution is 7.80. The van der Waals surface area contributed by atoms with Crippen molar-refractivity contribution in [3.05, 3.63) is 0 Å². The van der Waals surface area contributed by atoms with Gasteiger partial charge in [-0.2, -0.15) is 18.2 Å². The van der Waals surface area contributed by atoms with Crippen molar-refractivity contribution in [3.8, 4) is 0 Å². The van der Waals surface area contributed by atoms with Crippen molar-refractivity contribution in [2.75, 3.05) is 19.6 Å². The molecular weight excluding hydrogens is 392 g/mol. The normalized spacial score (nSPS) is 24.6. The third-order valence-corrected chi connectivity index (χ3v) is 4.85. The molecule has 2 atom stereocenters. The third-order valence-electron chi connectivity index (χ3n) is 4.54. The fraction of sp³-hybridized carbons (Fsp3) is 0.875. The Balaban J connectivity index is 1.69. The molecule has 2 aliphatic heterocycles. The second-order valence-corrected chi connectivity index (χ2v) is 9.14. The lowest BCUT2D eigenvalue weighted by Gasteiger charge is -2.35. The predicted molar refractivity (Wildman–Crippen MR) is 99.6 cm³/mol. The van der Waals surface area contributed by atoms with E-state index in [1.165, 1.54) is 0 Å². The molecule has 0 aliphatic carbocycles. The maximum Gasteiger partial charge on any atom is 0.413 e. The van der Waals surface area contributed by atoms with Crippen LogP contribution in [0.4, 0.5) is 4.79 Å². The fourth-order valence-electron chi connectivity index (χ4n) is 3.14. The van der Waals surface area contributed by atoms with E-state index in [9.17, 15) is 18.0 Å². The lowest BCUT2D eigenvalue weighted by molar-refractivity contribution is -0.124. The maximum absolute atomic E-state index is 12.4. The fourth-order valence-corrected chi connectivity index (χ4v) is 3.40. The quantitative estimate of drug-likeness (QED) is 0.354. The van der Waals surface area contributed by atoms with Gasteiger partial charge in [0.25, 0.3) is 0 Å². The van der Waals surface area contributed by atoms with Gasteiger partial charge in [-0.25, -0.2) is 4.79 Å². The SMILES string of the molecule is CC(C)(C)OC(=O)N1CCC(NC(=O)[C@H]2CC[C@@H](NOS(=O)(=O)O)CN2)CC1. The molecule has 0 saturated carbocycles. The zero-order valence-electron chi connectivity index (χ0n) is 16.4. The summed E-state index contributed by atoms with van der Waals surface area (Å²) in [6.07, 6.45) is 1.98. The number of piperidine rings is 2. The van der Waals surface area contributed by atoms with E-state index in [1.807, 2.05) is 20.8 Å². The van der Waals surface area contributed by atoms with Crippen LogP contribution in [0.3, 0.4) is 0 Å².